The standard InChI is InChI=1S/C6H7.C2H6.ClH.Ti/c1-6-4-2-3-5-6;1-2;;/h4-5H,2H2,1H3;1-2H3;1H;. The van der Waals surface area contributed by atoms with E-state index in [1.54, 1.807) is 0 Å². The topological polar surface area (TPSA) is 0 Å². The normalized spacial score (nSPS) is 13.8. The van der Waals surface area contributed by atoms with E-state index >= 15 is 0 Å². The number of allylic oxidation sites excluding steroid dienone is 4. The Morgan fingerprint density at radius 1 is 1.40 bits per heavy atom. The van der Waals surface area contributed by atoms with E-state index in [-0.39, 0.29) is 12.4 Å². The molecule has 2 heteroatoms. The summed E-state index contributed by atoms with van der Waals surface area (Å²) in [4.78, 5) is 0. The molecule has 0 fully saturated rings. The van der Waals surface area contributed by atoms with Crippen LogP contribution in [0.4, 0.5) is 0 Å². The molecule has 0 amide bonds. The third-order valence-corrected chi connectivity index (χ3v) is 1.59. The fourth-order valence-corrected chi connectivity index (χ4v) is 1.18. The van der Waals surface area contributed by atoms with Crippen molar-refractivity contribution >= 4 is 12.4 Å². The molecule has 0 unspecified atom stereocenters. The molecule has 0 saturated heterocycles. The molecule has 1 rings (SSSR count). The van der Waals surface area contributed by atoms with E-state index < -0.39 is 0 Å². The van der Waals surface area contributed by atoms with Crippen LogP contribution in [0.5, 0.6) is 0 Å². The Morgan fingerprint density at radius 3 is 2.00 bits per heavy atom. The van der Waals surface area contributed by atoms with E-state index in [0.717, 1.165) is 0 Å². The second kappa shape index (κ2) is 7.59. The summed E-state index contributed by atoms with van der Waals surface area (Å²) in [6.07, 6.45) is 5.64. The molecule has 0 aromatic heterocycles. The maximum absolute atomic E-state index is 2.25. The molecule has 57 valence electrons. The number of rotatable bonds is 0. The monoisotopic (exact) mass is 193 g/mol. The zero-order valence-corrected chi connectivity index (χ0v) is 9.15. The van der Waals surface area contributed by atoms with Crippen LogP contribution in [0.2, 0.25) is 0 Å². The average molecular weight is 194 g/mol. The summed E-state index contributed by atoms with van der Waals surface area (Å²) in [5.41, 5.74) is 1.41. The van der Waals surface area contributed by atoms with E-state index in [1.807, 2.05) is 13.8 Å². The van der Waals surface area contributed by atoms with Gasteiger partial charge in [0.1, 0.15) is 0 Å². The molecule has 10 heavy (non-hydrogen) atoms. The van der Waals surface area contributed by atoms with Gasteiger partial charge in [-0.1, -0.05) is 13.8 Å². The summed E-state index contributed by atoms with van der Waals surface area (Å²) in [5, 5.41) is 0. The summed E-state index contributed by atoms with van der Waals surface area (Å²) >= 11 is 2.16. The average Bonchev–Trinajstić information content (AvgIpc) is 2.20. The number of hydrogen-bond acceptors (Lipinski definition) is 0. The predicted molar refractivity (Wildman–Crippen MR) is 45.1 cm³/mol. The van der Waals surface area contributed by atoms with Crippen molar-refractivity contribution in [2.24, 2.45) is 0 Å². The maximum Gasteiger partial charge on any atom is -0.147 e. The number of hydrogen-bond donors (Lipinski definition) is 0. The molecular formula is C8H14ClTi. The minimum atomic E-state index is 0. The minimum absolute atomic E-state index is 0. The Kier molecular flexibility index (Phi) is 9.94. The van der Waals surface area contributed by atoms with Gasteiger partial charge in [0.25, 0.3) is 0 Å². The molecular weight excluding hydrogens is 179 g/mol. The van der Waals surface area contributed by atoms with Gasteiger partial charge in [-0.25, -0.2) is 0 Å². The fourth-order valence-electron chi connectivity index (χ4n) is 0.664. The molecule has 0 N–H and O–H groups in total. The van der Waals surface area contributed by atoms with Gasteiger partial charge < -0.3 is 0 Å². The van der Waals surface area contributed by atoms with Crippen LogP contribution in [-0.4, -0.2) is 0 Å². The largest absolute Gasteiger partial charge is 0.147 e. The minimum Gasteiger partial charge on any atom is -0.147 e. The van der Waals surface area contributed by atoms with Gasteiger partial charge in [-0.3, -0.25) is 0 Å². The van der Waals surface area contributed by atoms with Crippen molar-refractivity contribution in [3.63, 3.8) is 0 Å². The van der Waals surface area contributed by atoms with Crippen LogP contribution in [0.1, 0.15) is 27.2 Å². The molecule has 1 aliphatic rings. The molecule has 1 aliphatic carbocycles. The Bertz CT molecular complexity index is 136. The predicted octanol–water partition coefficient (Wildman–Crippen LogP) is 3.22. The quantitative estimate of drug-likeness (QED) is 0.518. The smallest absolute Gasteiger partial charge is 0.147 e. The molecule has 0 bridgehead atoms. The first kappa shape index (κ1) is 13.1. The van der Waals surface area contributed by atoms with E-state index in [0.29, 0.717) is 0 Å². The molecule has 0 aromatic rings. The van der Waals surface area contributed by atoms with Gasteiger partial charge in [-0.05, 0) is 0 Å². The Hall–Kier alpha value is 0.484. The number of halogens is 1. The first-order chi connectivity index (χ1) is 4.29. The first-order valence-electron chi connectivity index (χ1n) is 3.38. The van der Waals surface area contributed by atoms with Gasteiger partial charge in [0.05, 0.1) is 0 Å². The third kappa shape index (κ3) is 5.28. The maximum atomic E-state index is 2.25. The van der Waals surface area contributed by atoms with Crippen molar-refractivity contribution in [3.05, 3.63) is 21.6 Å². The van der Waals surface area contributed by atoms with Crippen LogP contribution >= 0.6 is 12.4 Å². The zero-order chi connectivity index (χ0) is 7.28. The Morgan fingerprint density at radius 2 is 1.90 bits per heavy atom. The summed E-state index contributed by atoms with van der Waals surface area (Å²) in [7, 11) is 0. The Balaban J connectivity index is 0. The summed E-state index contributed by atoms with van der Waals surface area (Å²) in [5.74, 6) is 0. The fraction of sp³-hybridized carbons (Fsp3) is 0.500. The van der Waals surface area contributed by atoms with Crippen molar-refractivity contribution in [1.82, 2.24) is 0 Å². The van der Waals surface area contributed by atoms with Gasteiger partial charge in [0.15, 0.2) is 0 Å². The molecule has 0 spiro atoms. The third-order valence-electron chi connectivity index (χ3n) is 1.05. The molecule has 0 saturated carbocycles. The first-order valence-corrected chi connectivity index (χ1v) is 4.16. The SMILES string of the molecule is CC.CC1=CC[C]([Ti])=C1.Cl. The van der Waals surface area contributed by atoms with Crippen LogP contribution in [0.3, 0.4) is 0 Å². The van der Waals surface area contributed by atoms with Crippen molar-refractivity contribution in [3.8, 4) is 0 Å². The zero-order valence-electron chi connectivity index (χ0n) is 6.77. The Labute approximate surface area is 81.6 Å². The second-order valence-corrected chi connectivity index (χ2v) is 2.82. The second-order valence-electron chi connectivity index (χ2n) is 1.82. The van der Waals surface area contributed by atoms with Crippen LogP contribution in [0.25, 0.3) is 0 Å². The van der Waals surface area contributed by atoms with Crippen molar-refractivity contribution in [2.45, 2.75) is 27.2 Å². The van der Waals surface area contributed by atoms with Gasteiger partial charge in [-0.2, -0.15) is 0 Å². The molecule has 0 atom stereocenters. The molecule has 0 heterocycles. The van der Waals surface area contributed by atoms with Crippen molar-refractivity contribution in [1.29, 1.82) is 0 Å². The summed E-state index contributed by atoms with van der Waals surface area (Å²) < 4.78 is 1.48. The molecule has 0 nitrogen and oxygen atoms in total. The van der Waals surface area contributed by atoms with Crippen molar-refractivity contribution in [2.75, 3.05) is 0 Å². The molecule has 0 aliphatic heterocycles. The summed E-state index contributed by atoms with van der Waals surface area (Å²) in [6, 6.07) is 0. The van der Waals surface area contributed by atoms with Gasteiger partial charge in [0, 0.05) is 0 Å². The van der Waals surface area contributed by atoms with Crippen LogP contribution < -0.4 is 0 Å². The molecule has 0 radical (unpaired) electrons. The van der Waals surface area contributed by atoms with E-state index in [9.17, 15) is 0 Å². The summed E-state index contributed by atoms with van der Waals surface area (Å²) in [6.45, 7) is 6.14. The van der Waals surface area contributed by atoms with Crippen LogP contribution in [-0.2, 0) is 20.4 Å². The van der Waals surface area contributed by atoms with Crippen LogP contribution in [0, 0.1) is 0 Å². The van der Waals surface area contributed by atoms with E-state index in [2.05, 4.69) is 39.5 Å². The molecule has 0 aromatic carbocycles. The van der Waals surface area contributed by atoms with Crippen LogP contribution in [0.15, 0.2) is 21.6 Å². The van der Waals surface area contributed by atoms with Gasteiger partial charge in [-0.15, -0.1) is 12.4 Å². The van der Waals surface area contributed by atoms with E-state index in [1.165, 1.54) is 15.9 Å². The van der Waals surface area contributed by atoms with Crippen molar-refractivity contribution < 1.29 is 20.4 Å². The van der Waals surface area contributed by atoms with E-state index in [4.69, 9.17) is 0 Å². The van der Waals surface area contributed by atoms with Gasteiger partial charge >= 0.3 is 55.4 Å². The van der Waals surface area contributed by atoms with Gasteiger partial charge in [0.2, 0.25) is 0 Å².